The number of hydrogen-bond acceptors (Lipinski definition) is 5. The molecule has 2 atom stereocenters. The molecule has 1 aliphatic carbocycles. The Morgan fingerprint density at radius 3 is 2.81 bits per heavy atom. The maximum atomic E-state index is 14.7. The third-order valence-corrected chi connectivity index (χ3v) is 7.47. The van der Waals surface area contributed by atoms with Gasteiger partial charge in [0.25, 0.3) is 0 Å². The van der Waals surface area contributed by atoms with Crippen LogP contribution in [-0.2, 0) is 15.8 Å². The van der Waals surface area contributed by atoms with Crippen LogP contribution < -0.4 is 10.0 Å². The summed E-state index contributed by atoms with van der Waals surface area (Å²) in [6.45, 7) is 1.87. The molecule has 0 saturated heterocycles. The molecule has 1 amide bonds. The number of anilines is 2. The SMILES string of the molecule is CCC(C(=O)Nc1ccc(-c2cncc(Cl)c2)cc1F)c1csc(NS(=O)C2CC2)n1. The van der Waals surface area contributed by atoms with E-state index in [-0.39, 0.29) is 16.8 Å². The molecule has 1 saturated carbocycles. The third-order valence-electron chi connectivity index (χ3n) is 4.88. The van der Waals surface area contributed by atoms with Gasteiger partial charge in [0.2, 0.25) is 5.91 Å². The van der Waals surface area contributed by atoms with Crippen LogP contribution in [0.25, 0.3) is 11.1 Å². The van der Waals surface area contributed by atoms with E-state index in [9.17, 15) is 13.4 Å². The lowest BCUT2D eigenvalue weighted by atomic mass is 10.0. The van der Waals surface area contributed by atoms with E-state index in [4.69, 9.17) is 11.6 Å². The third kappa shape index (κ3) is 5.28. The van der Waals surface area contributed by atoms with Crippen LogP contribution >= 0.6 is 22.9 Å². The smallest absolute Gasteiger partial charge is 0.233 e. The van der Waals surface area contributed by atoms with Crippen LogP contribution in [-0.4, -0.2) is 25.3 Å². The van der Waals surface area contributed by atoms with Crippen LogP contribution in [0.2, 0.25) is 5.02 Å². The van der Waals surface area contributed by atoms with Crippen molar-refractivity contribution in [3.05, 3.63) is 58.6 Å². The zero-order valence-electron chi connectivity index (χ0n) is 16.6. The quantitative estimate of drug-likeness (QED) is 0.456. The number of carbonyl (C=O) groups is 1. The Bertz CT molecular complexity index is 1140. The van der Waals surface area contributed by atoms with Gasteiger partial charge in [-0.25, -0.2) is 13.6 Å². The highest BCUT2D eigenvalue weighted by Crippen LogP contribution is 2.31. The largest absolute Gasteiger partial charge is 0.323 e. The summed E-state index contributed by atoms with van der Waals surface area (Å²) in [4.78, 5) is 21.3. The number of nitrogens with zero attached hydrogens (tertiary/aromatic N) is 2. The first kappa shape index (κ1) is 21.9. The first-order chi connectivity index (χ1) is 14.9. The van der Waals surface area contributed by atoms with Crippen molar-refractivity contribution >= 4 is 50.6 Å². The fraction of sp³-hybridized carbons (Fsp3) is 0.286. The fourth-order valence-electron chi connectivity index (χ4n) is 3.06. The van der Waals surface area contributed by atoms with E-state index in [1.807, 2.05) is 6.92 Å². The molecule has 0 radical (unpaired) electrons. The molecule has 2 heterocycles. The number of halogens is 2. The zero-order chi connectivity index (χ0) is 22.0. The molecule has 2 unspecified atom stereocenters. The van der Waals surface area contributed by atoms with Crippen molar-refractivity contribution in [2.45, 2.75) is 37.4 Å². The van der Waals surface area contributed by atoms with Crippen molar-refractivity contribution in [1.82, 2.24) is 9.97 Å². The summed E-state index contributed by atoms with van der Waals surface area (Å²) in [7, 11) is -1.14. The standard InChI is InChI=1S/C21H20ClFN4O2S2/c1-2-16(19-11-30-21(26-19)27-31(29)15-4-5-15)20(28)25-18-6-3-12(8-17(18)23)13-7-14(22)10-24-9-13/h3,6-11,15-16H,2,4-5H2,1H3,(H,25,28)(H,26,27). The van der Waals surface area contributed by atoms with E-state index in [1.165, 1.54) is 29.7 Å². The molecule has 31 heavy (non-hydrogen) atoms. The Hall–Kier alpha value is -2.36. The summed E-state index contributed by atoms with van der Waals surface area (Å²) in [6.07, 6.45) is 5.50. The van der Waals surface area contributed by atoms with Gasteiger partial charge >= 0.3 is 0 Å². The van der Waals surface area contributed by atoms with Crippen LogP contribution in [0.4, 0.5) is 15.2 Å². The Kier molecular flexibility index (Phi) is 6.64. The minimum absolute atomic E-state index is 0.0885. The predicted molar refractivity (Wildman–Crippen MR) is 123 cm³/mol. The van der Waals surface area contributed by atoms with E-state index in [0.717, 1.165) is 12.8 Å². The Labute approximate surface area is 190 Å². The molecule has 3 aromatic rings. The highest BCUT2D eigenvalue weighted by Gasteiger charge is 2.29. The summed E-state index contributed by atoms with van der Waals surface area (Å²) in [5.41, 5.74) is 1.95. The minimum atomic E-state index is -1.14. The van der Waals surface area contributed by atoms with Gasteiger partial charge < -0.3 is 5.32 Å². The second-order valence-corrected chi connectivity index (χ2v) is 9.97. The van der Waals surface area contributed by atoms with E-state index in [1.54, 1.807) is 23.7 Å². The van der Waals surface area contributed by atoms with Gasteiger partial charge in [0.1, 0.15) is 16.8 Å². The van der Waals surface area contributed by atoms with Gasteiger partial charge in [0.15, 0.2) is 5.13 Å². The molecule has 0 spiro atoms. The molecule has 0 aliphatic heterocycles. The van der Waals surface area contributed by atoms with Crippen molar-refractivity contribution in [1.29, 1.82) is 0 Å². The molecule has 1 aromatic carbocycles. The summed E-state index contributed by atoms with van der Waals surface area (Å²) >= 11 is 7.26. The second kappa shape index (κ2) is 9.42. The van der Waals surface area contributed by atoms with Crippen molar-refractivity contribution in [2.75, 3.05) is 10.0 Å². The summed E-state index contributed by atoms with van der Waals surface area (Å²) < 4.78 is 29.6. The number of aromatic nitrogens is 2. The zero-order valence-corrected chi connectivity index (χ0v) is 19.0. The van der Waals surface area contributed by atoms with Gasteiger partial charge in [-0.15, -0.1) is 11.3 Å². The van der Waals surface area contributed by atoms with E-state index in [0.29, 0.717) is 33.4 Å². The van der Waals surface area contributed by atoms with E-state index in [2.05, 4.69) is 20.0 Å². The van der Waals surface area contributed by atoms with Crippen LogP contribution in [0.1, 0.15) is 37.8 Å². The number of pyridine rings is 1. The Morgan fingerprint density at radius 2 is 2.13 bits per heavy atom. The van der Waals surface area contributed by atoms with E-state index < -0.39 is 22.7 Å². The monoisotopic (exact) mass is 478 g/mol. The van der Waals surface area contributed by atoms with Gasteiger partial charge in [0, 0.05) is 23.3 Å². The number of nitrogens with one attached hydrogen (secondary N) is 2. The lowest BCUT2D eigenvalue weighted by molar-refractivity contribution is -0.117. The van der Waals surface area contributed by atoms with E-state index >= 15 is 0 Å². The van der Waals surface area contributed by atoms with Crippen LogP contribution in [0.5, 0.6) is 0 Å². The summed E-state index contributed by atoms with van der Waals surface area (Å²) in [6, 6.07) is 6.24. The van der Waals surface area contributed by atoms with Gasteiger partial charge in [-0.05, 0) is 43.0 Å². The van der Waals surface area contributed by atoms with Gasteiger partial charge in [-0.2, -0.15) is 0 Å². The van der Waals surface area contributed by atoms with Crippen molar-refractivity contribution < 1.29 is 13.4 Å². The number of thiazole rings is 1. The highest BCUT2D eigenvalue weighted by molar-refractivity contribution is 7.87. The molecule has 1 fully saturated rings. The first-order valence-corrected chi connectivity index (χ1v) is 12.3. The molecule has 10 heteroatoms. The Balaban J connectivity index is 1.46. The molecular formula is C21H20ClFN4O2S2. The average molecular weight is 479 g/mol. The second-order valence-electron chi connectivity index (χ2n) is 7.21. The fourth-order valence-corrected chi connectivity index (χ4v) is 5.23. The number of rotatable bonds is 8. The molecule has 162 valence electrons. The maximum absolute atomic E-state index is 14.7. The average Bonchev–Trinajstić information content (AvgIpc) is 3.51. The van der Waals surface area contributed by atoms with Crippen molar-refractivity contribution in [3.63, 3.8) is 0 Å². The topological polar surface area (TPSA) is 84.0 Å². The van der Waals surface area contributed by atoms with Crippen LogP contribution in [0.3, 0.4) is 0 Å². The van der Waals surface area contributed by atoms with Crippen molar-refractivity contribution in [2.24, 2.45) is 0 Å². The predicted octanol–water partition coefficient (Wildman–Crippen LogP) is 5.37. The number of hydrogen-bond donors (Lipinski definition) is 2. The van der Waals surface area contributed by atoms with Gasteiger partial charge in [0.05, 0.1) is 27.6 Å². The summed E-state index contributed by atoms with van der Waals surface area (Å²) in [5.74, 6) is -1.45. The molecule has 0 bridgehead atoms. The first-order valence-electron chi connectivity index (χ1n) is 9.78. The molecule has 1 aliphatic rings. The van der Waals surface area contributed by atoms with Crippen LogP contribution in [0, 0.1) is 5.82 Å². The maximum Gasteiger partial charge on any atom is 0.233 e. The lowest BCUT2D eigenvalue weighted by Crippen LogP contribution is -2.21. The normalized spacial score (nSPS) is 15.3. The Morgan fingerprint density at radius 1 is 1.32 bits per heavy atom. The summed E-state index contributed by atoms with van der Waals surface area (Å²) in [5, 5.41) is 5.60. The van der Waals surface area contributed by atoms with Crippen LogP contribution in [0.15, 0.2) is 42.0 Å². The molecular weight excluding hydrogens is 459 g/mol. The molecule has 2 aromatic heterocycles. The number of carbonyl (C=O) groups excluding carboxylic acids is 1. The highest BCUT2D eigenvalue weighted by atomic mass is 35.5. The number of amides is 1. The number of benzene rings is 1. The lowest BCUT2D eigenvalue weighted by Gasteiger charge is -2.14. The minimum Gasteiger partial charge on any atom is -0.323 e. The van der Waals surface area contributed by atoms with Gasteiger partial charge in [-0.1, -0.05) is 24.6 Å². The molecule has 4 rings (SSSR count). The van der Waals surface area contributed by atoms with Gasteiger partial charge in [-0.3, -0.25) is 14.5 Å². The van der Waals surface area contributed by atoms with Crippen molar-refractivity contribution in [3.8, 4) is 11.1 Å². The molecule has 6 nitrogen and oxygen atoms in total. The molecule has 2 N–H and O–H groups in total.